The zero-order valence-electron chi connectivity index (χ0n) is 15.4. The SMILES string of the molecule is CN(C)c1cnnc(N2CCN(S(=O)(=O)c3cccc(C(F)(F)F)c3)CC2)c1. The van der Waals surface area contributed by atoms with E-state index in [2.05, 4.69) is 10.2 Å². The minimum Gasteiger partial charge on any atom is -0.376 e. The van der Waals surface area contributed by atoms with Gasteiger partial charge in [-0.2, -0.15) is 22.6 Å². The van der Waals surface area contributed by atoms with Gasteiger partial charge in [0.05, 0.1) is 22.3 Å². The Labute approximate surface area is 161 Å². The van der Waals surface area contributed by atoms with E-state index in [1.807, 2.05) is 30.0 Å². The summed E-state index contributed by atoms with van der Waals surface area (Å²) in [6.07, 6.45) is -2.97. The molecule has 152 valence electrons. The standard InChI is InChI=1S/C17H20F3N5O2S/c1-23(2)14-11-16(22-21-12-14)24-6-8-25(9-7-24)28(26,27)15-5-3-4-13(10-15)17(18,19)20/h3-5,10-12H,6-9H2,1-2H3. The van der Waals surface area contributed by atoms with Gasteiger partial charge in [-0.25, -0.2) is 8.42 Å². The Morgan fingerprint density at radius 3 is 2.36 bits per heavy atom. The highest BCUT2D eigenvalue weighted by molar-refractivity contribution is 7.89. The van der Waals surface area contributed by atoms with E-state index < -0.39 is 21.8 Å². The lowest BCUT2D eigenvalue weighted by molar-refractivity contribution is -0.137. The summed E-state index contributed by atoms with van der Waals surface area (Å²) >= 11 is 0. The molecule has 0 N–H and O–H groups in total. The van der Waals surface area contributed by atoms with Gasteiger partial charge in [0.1, 0.15) is 0 Å². The number of sulfonamides is 1. The maximum absolute atomic E-state index is 12.9. The molecular formula is C17H20F3N5O2S. The number of piperazine rings is 1. The number of halogens is 3. The predicted molar refractivity (Wildman–Crippen MR) is 98.8 cm³/mol. The molecule has 3 rings (SSSR count). The summed E-state index contributed by atoms with van der Waals surface area (Å²) < 4.78 is 65.4. The van der Waals surface area contributed by atoms with Gasteiger partial charge in [0, 0.05) is 46.3 Å². The van der Waals surface area contributed by atoms with Crippen LogP contribution in [-0.2, 0) is 16.2 Å². The maximum atomic E-state index is 12.9. The van der Waals surface area contributed by atoms with Crippen LogP contribution in [0.5, 0.6) is 0 Å². The van der Waals surface area contributed by atoms with Crippen molar-refractivity contribution in [3.63, 3.8) is 0 Å². The van der Waals surface area contributed by atoms with Gasteiger partial charge in [-0.15, -0.1) is 5.10 Å². The molecule has 0 amide bonds. The summed E-state index contributed by atoms with van der Waals surface area (Å²) in [6.45, 7) is 1.02. The van der Waals surface area contributed by atoms with Gasteiger partial charge in [0.25, 0.3) is 0 Å². The quantitative estimate of drug-likeness (QED) is 0.762. The maximum Gasteiger partial charge on any atom is 0.416 e. The molecule has 28 heavy (non-hydrogen) atoms. The molecule has 1 saturated heterocycles. The van der Waals surface area contributed by atoms with Crippen LogP contribution in [0, 0.1) is 0 Å². The number of anilines is 2. The Hall–Kier alpha value is -2.40. The van der Waals surface area contributed by atoms with Crippen molar-refractivity contribution < 1.29 is 21.6 Å². The number of alkyl halides is 3. The Morgan fingerprint density at radius 1 is 1.07 bits per heavy atom. The van der Waals surface area contributed by atoms with Crippen LogP contribution in [0.25, 0.3) is 0 Å². The molecule has 0 aliphatic carbocycles. The van der Waals surface area contributed by atoms with Gasteiger partial charge >= 0.3 is 6.18 Å². The van der Waals surface area contributed by atoms with Gasteiger partial charge in [-0.3, -0.25) is 0 Å². The van der Waals surface area contributed by atoms with Crippen molar-refractivity contribution >= 4 is 21.5 Å². The number of benzene rings is 1. The van der Waals surface area contributed by atoms with Crippen LogP contribution >= 0.6 is 0 Å². The van der Waals surface area contributed by atoms with Crippen LogP contribution < -0.4 is 9.80 Å². The van der Waals surface area contributed by atoms with Crippen LogP contribution in [0.3, 0.4) is 0 Å². The molecule has 2 heterocycles. The van der Waals surface area contributed by atoms with Crippen LogP contribution in [0.4, 0.5) is 24.7 Å². The number of nitrogens with zero attached hydrogens (tertiary/aromatic N) is 5. The smallest absolute Gasteiger partial charge is 0.376 e. The van der Waals surface area contributed by atoms with Crippen LogP contribution in [-0.4, -0.2) is 63.2 Å². The third-order valence-corrected chi connectivity index (χ3v) is 6.40. The van der Waals surface area contributed by atoms with E-state index >= 15 is 0 Å². The number of rotatable bonds is 4. The first kappa shape index (κ1) is 20.3. The third-order valence-electron chi connectivity index (χ3n) is 4.51. The molecule has 1 fully saturated rings. The predicted octanol–water partition coefficient (Wildman–Crippen LogP) is 2.07. The van der Waals surface area contributed by atoms with Gasteiger partial charge < -0.3 is 9.80 Å². The summed E-state index contributed by atoms with van der Waals surface area (Å²) in [5, 5.41) is 8.04. The second-order valence-corrected chi connectivity index (χ2v) is 8.52. The fourth-order valence-electron chi connectivity index (χ4n) is 2.88. The zero-order valence-corrected chi connectivity index (χ0v) is 16.2. The van der Waals surface area contributed by atoms with Crippen molar-refractivity contribution in [1.82, 2.24) is 14.5 Å². The van der Waals surface area contributed by atoms with Crippen molar-refractivity contribution in [3.05, 3.63) is 42.1 Å². The Morgan fingerprint density at radius 2 is 1.75 bits per heavy atom. The summed E-state index contributed by atoms with van der Waals surface area (Å²) in [5.41, 5.74) is -0.119. The second kappa shape index (κ2) is 7.55. The van der Waals surface area contributed by atoms with Crippen molar-refractivity contribution in [2.24, 2.45) is 0 Å². The highest BCUT2D eigenvalue weighted by atomic mass is 32.2. The summed E-state index contributed by atoms with van der Waals surface area (Å²) in [7, 11) is -0.259. The fourth-order valence-corrected chi connectivity index (χ4v) is 4.35. The monoisotopic (exact) mass is 415 g/mol. The minimum atomic E-state index is -4.60. The van der Waals surface area contributed by atoms with E-state index in [4.69, 9.17) is 0 Å². The van der Waals surface area contributed by atoms with Gasteiger partial charge in [0.2, 0.25) is 10.0 Å². The molecule has 2 aromatic rings. The highest BCUT2D eigenvalue weighted by Gasteiger charge is 2.34. The molecule has 7 nitrogen and oxygen atoms in total. The van der Waals surface area contributed by atoms with Gasteiger partial charge in [-0.05, 0) is 18.2 Å². The molecular weight excluding hydrogens is 395 g/mol. The Bertz CT molecular complexity index is 942. The third kappa shape index (κ3) is 4.20. The summed E-state index contributed by atoms with van der Waals surface area (Å²) in [6, 6.07) is 5.67. The average molecular weight is 415 g/mol. The Kier molecular flexibility index (Phi) is 5.48. The number of aromatic nitrogens is 2. The first-order valence-electron chi connectivity index (χ1n) is 8.51. The van der Waals surface area contributed by atoms with Crippen LogP contribution in [0.15, 0.2) is 41.4 Å². The molecule has 1 aliphatic heterocycles. The number of hydrogen-bond donors (Lipinski definition) is 0. The zero-order chi connectivity index (χ0) is 20.5. The van der Waals surface area contributed by atoms with E-state index in [0.717, 1.165) is 17.8 Å². The van der Waals surface area contributed by atoms with Crippen molar-refractivity contribution in [2.75, 3.05) is 50.1 Å². The van der Waals surface area contributed by atoms with Crippen molar-refractivity contribution in [2.45, 2.75) is 11.1 Å². The van der Waals surface area contributed by atoms with E-state index in [1.54, 1.807) is 6.20 Å². The normalized spacial score (nSPS) is 16.2. The van der Waals surface area contributed by atoms with E-state index in [9.17, 15) is 21.6 Å². The molecule has 0 saturated carbocycles. The highest BCUT2D eigenvalue weighted by Crippen LogP contribution is 2.31. The molecule has 1 aromatic carbocycles. The topological polar surface area (TPSA) is 69.6 Å². The fraction of sp³-hybridized carbons (Fsp3) is 0.412. The van der Waals surface area contributed by atoms with Crippen LogP contribution in [0.1, 0.15) is 5.56 Å². The average Bonchev–Trinajstić information content (AvgIpc) is 2.67. The largest absolute Gasteiger partial charge is 0.416 e. The minimum absolute atomic E-state index is 0.145. The molecule has 0 radical (unpaired) electrons. The molecule has 1 aliphatic rings. The molecule has 0 unspecified atom stereocenters. The molecule has 1 aromatic heterocycles. The molecule has 0 spiro atoms. The molecule has 0 atom stereocenters. The van der Waals surface area contributed by atoms with E-state index in [0.29, 0.717) is 25.0 Å². The van der Waals surface area contributed by atoms with Gasteiger partial charge in [0.15, 0.2) is 5.82 Å². The summed E-state index contributed by atoms with van der Waals surface area (Å²) in [5.74, 6) is 0.627. The lowest BCUT2D eigenvalue weighted by Crippen LogP contribution is -2.49. The Balaban J connectivity index is 1.75. The number of hydrogen-bond acceptors (Lipinski definition) is 6. The summed E-state index contributed by atoms with van der Waals surface area (Å²) in [4.78, 5) is 3.43. The van der Waals surface area contributed by atoms with Crippen molar-refractivity contribution in [1.29, 1.82) is 0 Å². The lowest BCUT2D eigenvalue weighted by atomic mass is 10.2. The van der Waals surface area contributed by atoms with E-state index in [-0.39, 0.29) is 18.0 Å². The van der Waals surface area contributed by atoms with Crippen LogP contribution in [0.2, 0.25) is 0 Å². The molecule has 11 heteroatoms. The van der Waals surface area contributed by atoms with Crippen molar-refractivity contribution in [3.8, 4) is 0 Å². The second-order valence-electron chi connectivity index (χ2n) is 6.58. The lowest BCUT2D eigenvalue weighted by Gasteiger charge is -2.34. The van der Waals surface area contributed by atoms with Gasteiger partial charge in [-0.1, -0.05) is 6.07 Å². The molecule has 0 bridgehead atoms. The van der Waals surface area contributed by atoms with E-state index in [1.165, 1.54) is 10.4 Å². The first-order valence-corrected chi connectivity index (χ1v) is 9.95. The first-order chi connectivity index (χ1) is 13.1.